The summed E-state index contributed by atoms with van der Waals surface area (Å²) in [5.74, 6) is -0.582. The number of phosphoric acid groups is 1. The monoisotopic (exact) mass is 824 g/mol. The number of ether oxygens (including phenoxy) is 2. The van der Waals surface area contributed by atoms with Crippen LogP contribution in [-0.2, 0) is 27.9 Å². The molecule has 0 rings (SSSR count). The number of quaternary nitrogens is 1. The third-order valence-electron chi connectivity index (χ3n) is 9.01. The van der Waals surface area contributed by atoms with Crippen LogP contribution in [0.2, 0.25) is 0 Å². The molecule has 0 aliphatic carbocycles. The Morgan fingerprint density at radius 3 is 1.79 bits per heavy atom. The third-order valence-corrected chi connectivity index (χ3v) is 9.97. The summed E-state index contributed by atoms with van der Waals surface area (Å²) >= 11 is 0. The minimum absolute atomic E-state index is 0.0229. The zero-order valence-electron chi connectivity index (χ0n) is 36.5. The number of aliphatic hydroxyl groups is 2. The van der Waals surface area contributed by atoms with Crippen molar-refractivity contribution in [2.75, 3.05) is 47.5 Å². The number of aliphatic hydroxyl groups excluding tert-OH is 2. The molecule has 0 spiro atoms. The van der Waals surface area contributed by atoms with E-state index in [1.54, 1.807) is 6.26 Å². The summed E-state index contributed by atoms with van der Waals surface area (Å²) in [4.78, 5) is 25.1. The highest BCUT2D eigenvalue weighted by atomic mass is 31.2. The minimum Gasteiger partial charge on any atom is -0.756 e. The Morgan fingerprint density at radius 1 is 0.667 bits per heavy atom. The topological polar surface area (TPSA) is 135 Å². The molecule has 0 aromatic rings. The van der Waals surface area contributed by atoms with Crippen molar-refractivity contribution in [2.45, 2.75) is 167 Å². The average molecular weight is 824 g/mol. The molecule has 0 fully saturated rings. The van der Waals surface area contributed by atoms with E-state index in [-0.39, 0.29) is 32.5 Å². The lowest BCUT2D eigenvalue weighted by Gasteiger charge is -2.28. The number of hydrogen-bond acceptors (Lipinski definition) is 9. The summed E-state index contributed by atoms with van der Waals surface area (Å²) in [6, 6.07) is 0. The van der Waals surface area contributed by atoms with Crippen molar-refractivity contribution in [1.29, 1.82) is 0 Å². The van der Waals surface area contributed by atoms with Gasteiger partial charge in [0.1, 0.15) is 19.8 Å². The van der Waals surface area contributed by atoms with Gasteiger partial charge in [-0.2, -0.15) is 0 Å². The zero-order valence-corrected chi connectivity index (χ0v) is 37.4. The lowest BCUT2D eigenvalue weighted by Crippen LogP contribution is -2.37. The van der Waals surface area contributed by atoms with E-state index < -0.39 is 38.7 Å². The molecule has 0 aliphatic heterocycles. The van der Waals surface area contributed by atoms with Gasteiger partial charge in [0.25, 0.3) is 7.82 Å². The second kappa shape index (κ2) is 37.9. The van der Waals surface area contributed by atoms with E-state index in [4.69, 9.17) is 18.5 Å². The maximum absolute atomic E-state index is 12.7. The van der Waals surface area contributed by atoms with E-state index >= 15 is 0 Å². The standard InChI is InChI=1S/C46H82NO9P/c1-6-8-10-12-14-16-18-20-21-22-23-25-27-29-31-33-39-53-41-43(42-55-57(51,52)54-40-38-47(3,4)5)56-46(50)37-34-36-45(49)44(48)35-32-30-28-26-24-19-17-15-13-11-9-7-2/h9,11,15-18,24,26,30,32-33,39,43-45,48-49H,6-8,10,12-14,19-23,25,27-29,31,34-38,40-42H2,1-5H3/b11-9-,17-15-,18-16-,26-24-,32-30-,39-33+/t43-,44-,45-/m1/s1. The molecule has 1 unspecified atom stereocenters. The number of phosphoric ester groups is 1. The fourth-order valence-electron chi connectivity index (χ4n) is 5.47. The molecule has 0 saturated carbocycles. The van der Waals surface area contributed by atoms with Crippen molar-refractivity contribution < 1.29 is 47.5 Å². The summed E-state index contributed by atoms with van der Waals surface area (Å²) in [6.45, 7) is 4.24. The van der Waals surface area contributed by atoms with Crippen molar-refractivity contribution in [3.63, 3.8) is 0 Å². The molecule has 0 amide bonds. The van der Waals surface area contributed by atoms with Gasteiger partial charge in [-0.15, -0.1) is 0 Å². The van der Waals surface area contributed by atoms with Crippen LogP contribution in [-0.4, -0.2) is 86.5 Å². The van der Waals surface area contributed by atoms with Gasteiger partial charge in [-0.3, -0.25) is 9.36 Å². The van der Waals surface area contributed by atoms with Crippen LogP contribution in [0.15, 0.2) is 73.1 Å². The van der Waals surface area contributed by atoms with Gasteiger partial charge in [-0.25, -0.2) is 0 Å². The summed E-state index contributed by atoms with van der Waals surface area (Å²) in [5, 5.41) is 20.8. The molecule has 0 aromatic heterocycles. The third kappa shape index (κ3) is 40.3. The zero-order chi connectivity index (χ0) is 42.3. The number of esters is 1. The summed E-state index contributed by atoms with van der Waals surface area (Å²) in [5.41, 5.74) is 0. The van der Waals surface area contributed by atoms with E-state index in [0.29, 0.717) is 17.4 Å². The second-order valence-corrected chi connectivity index (χ2v) is 17.1. The number of carbonyl (C=O) groups excluding carboxylic acids is 1. The van der Waals surface area contributed by atoms with Crippen LogP contribution in [0.3, 0.4) is 0 Å². The molecular formula is C46H82NO9P. The van der Waals surface area contributed by atoms with E-state index in [0.717, 1.165) is 44.9 Å². The van der Waals surface area contributed by atoms with Crippen LogP contribution >= 0.6 is 7.82 Å². The van der Waals surface area contributed by atoms with Gasteiger partial charge in [-0.05, 0) is 89.5 Å². The summed E-state index contributed by atoms with van der Waals surface area (Å²) < 4.78 is 34.1. The fourth-order valence-corrected chi connectivity index (χ4v) is 6.20. The highest BCUT2D eigenvalue weighted by Crippen LogP contribution is 2.38. The van der Waals surface area contributed by atoms with Gasteiger partial charge in [-0.1, -0.05) is 120 Å². The van der Waals surface area contributed by atoms with E-state index in [2.05, 4.69) is 62.5 Å². The van der Waals surface area contributed by atoms with Crippen LogP contribution in [0, 0.1) is 0 Å². The Balaban J connectivity index is 4.58. The molecule has 0 aromatic carbocycles. The molecule has 330 valence electrons. The maximum atomic E-state index is 12.7. The van der Waals surface area contributed by atoms with E-state index in [1.807, 2.05) is 39.4 Å². The Labute approximate surface area is 348 Å². The molecule has 0 radical (unpaired) electrons. The van der Waals surface area contributed by atoms with Crippen LogP contribution in [0.25, 0.3) is 0 Å². The molecule has 0 aliphatic rings. The SMILES string of the molecule is CC/C=C\C/C=C\C/C=C\C/C=C\C[C@@H](O)[C@H](O)CCCC(=O)O[C@H](CO/C=C/CCCCCCCC/C=C\CCCCCC)COP(=O)([O-])OCC[N+](C)(C)C. The first-order valence-corrected chi connectivity index (χ1v) is 23.3. The Morgan fingerprint density at radius 2 is 1.21 bits per heavy atom. The predicted octanol–water partition coefficient (Wildman–Crippen LogP) is 10.4. The van der Waals surface area contributed by atoms with Gasteiger partial charge in [0.2, 0.25) is 0 Å². The number of unbranched alkanes of at least 4 members (excludes halogenated alkanes) is 11. The number of nitrogens with zero attached hydrogens (tertiary/aromatic N) is 1. The first-order chi connectivity index (χ1) is 27.4. The van der Waals surface area contributed by atoms with Crippen molar-refractivity contribution >= 4 is 13.8 Å². The van der Waals surface area contributed by atoms with Gasteiger partial charge < -0.3 is 38.1 Å². The Kier molecular flexibility index (Phi) is 36.4. The lowest BCUT2D eigenvalue weighted by atomic mass is 10.0. The number of likely N-dealkylation sites (N-methyl/N-ethyl adjacent to an activating group) is 1. The maximum Gasteiger partial charge on any atom is 0.306 e. The molecule has 0 heterocycles. The van der Waals surface area contributed by atoms with Gasteiger partial charge in [0.15, 0.2) is 6.10 Å². The molecule has 11 heteroatoms. The van der Waals surface area contributed by atoms with Gasteiger partial charge in [0, 0.05) is 6.42 Å². The van der Waals surface area contributed by atoms with Crippen molar-refractivity contribution in [2.24, 2.45) is 0 Å². The first kappa shape index (κ1) is 54.7. The molecule has 0 saturated heterocycles. The van der Waals surface area contributed by atoms with Gasteiger partial charge in [0.05, 0.1) is 46.2 Å². The number of allylic oxidation sites excluding steroid dienone is 10. The summed E-state index contributed by atoms with van der Waals surface area (Å²) in [6.07, 6.45) is 41.8. The second-order valence-electron chi connectivity index (χ2n) is 15.7. The minimum atomic E-state index is -4.63. The molecule has 10 nitrogen and oxygen atoms in total. The van der Waals surface area contributed by atoms with Gasteiger partial charge >= 0.3 is 5.97 Å². The number of carbonyl (C=O) groups is 1. The molecule has 57 heavy (non-hydrogen) atoms. The normalized spacial score (nSPS) is 15.5. The van der Waals surface area contributed by atoms with E-state index in [1.165, 1.54) is 64.2 Å². The molecule has 0 bridgehead atoms. The quantitative estimate of drug-likeness (QED) is 0.0155. The number of rotatable bonds is 39. The lowest BCUT2D eigenvalue weighted by molar-refractivity contribution is -0.870. The van der Waals surface area contributed by atoms with Crippen LogP contribution in [0.1, 0.15) is 149 Å². The predicted molar refractivity (Wildman–Crippen MR) is 233 cm³/mol. The first-order valence-electron chi connectivity index (χ1n) is 21.9. The van der Waals surface area contributed by atoms with Crippen LogP contribution in [0.5, 0.6) is 0 Å². The van der Waals surface area contributed by atoms with Crippen molar-refractivity contribution in [1.82, 2.24) is 0 Å². The van der Waals surface area contributed by atoms with Crippen molar-refractivity contribution in [3.8, 4) is 0 Å². The highest BCUT2D eigenvalue weighted by Gasteiger charge is 2.21. The summed E-state index contributed by atoms with van der Waals surface area (Å²) in [7, 11) is 1.13. The molecule has 2 N–H and O–H groups in total. The van der Waals surface area contributed by atoms with Crippen LogP contribution < -0.4 is 4.89 Å². The molecular weight excluding hydrogens is 741 g/mol. The smallest absolute Gasteiger partial charge is 0.306 e. The Bertz CT molecular complexity index is 1170. The highest BCUT2D eigenvalue weighted by molar-refractivity contribution is 7.45. The Hall–Kier alpha value is -2.30. The van der Waals surface area contributed by atoms with Crippen molar-refractivity contribution in [3.05, 3.63) is 73.1 Å². The average Bonchev–Trinajstić information content (AvgIpc) is 3.16. The molecule has 4 atom stereocenters. The largest absolute Gasteiger partial charge is 0.756 e. The van der Waals surface area contributed by atoms with E-state index in [9.17, 15) is 24.5 Å². The number of hydrogen-bond donors (Lipinski definition) is 2. The van der Waals surface area contributed by atoms with Crippen LogP contribution in [0.4, 0.5) is 0 Å². The fraction of sp³-hybridized carbons (Fsp3) is 0.717.